The molecule has 0 amide bonds. The molecule has 0 bridgehead atoms. The molecular weight excluding hydrogens is 188 g/mol. The molecule has 0 unspecified atom stereocenters. The Labute approximate surface area is 82.1 Å². The molecule has 0 aromatic rings. The van der Waals surface area contributed by atoms with Crippen molar-refractivity contribution in [2.75, 3.05) is 0 Å². The van der Waals surface area contributed by atoms with Gasteiger partial charge in [0.05, 0.1) is 6.42 Å². The summed E-state index contributed by atoms with van der Waals surface area (Å²) >= 11 is 0. The highest BCUT2D eigenvalue weighted by Gasteiger charge is 2.26. The Bertz CT molecular complexity index is 254. The number of carbonyl (C=O) groups excluding carboxylic acids is 2. The van der Waals surface area contributed by atoms with E-state index in [1.165, 1.54) is 20.8 Å². The smallest absolute Gasteiger partial charge is 0.313 e. The van der Waals surface area contributed by atoms with E-state index in [-0.39, 0.29) is 18.6 Å². The van der Waals surface area contributed by atoms with Crippen molar-refractivity contribution in [1.82, 2.24) is 0 Å². The Balaban J connectivity index is 4.14. The van der Waals surface area contributed by atoms with Gasteiger partial charge in [-0.2, -0.15) is 0 Å². The van der Waals surface area contributed by atoms with Gasteiger partial charge in [-0.25, -0.2) is 0 Å². The average molecular weight is 202 g/mol. The van der Waals surface area contributed by atoms with Crippen LogP contribution in [0.2, 0.25) is 0 Å². The van der Waals surface area contributed by atoms with Crippen molar-refractivity contribution in [3.8, 4) is 0 Å². The Kier molecular flexibility index (Phi) is 4.27. The molecule has 1 N–H and O–H groups in total. The summed E-state index contributed by atoms with van der Waals surface area (Å²) in [5.74, 6) is -2.05. The van der Waals surface area contributed by atoms with Crippen LogP contribution in [-0.2, 0) is 19.1 Å². The number of carboxylic acid groups (broad SMARTS) is 1. The third-order valence-corrected chi connectivity index (χ3v) is 1.36. The SMILES string of the molecule is CC(=O)CC(=O)OC(C)(C)CC(=O)O. The lowest BCUT2D eigenvalue weighted by Crippen LogP contribution is -2.31. The van der Waals surface area contributed by atoms with Crippen LogP contribution in [0.4, 0.5) is 0 Å². The number of hydrogen-bond donors (Lipinski definition) is 1. The number of carbonyl (C=O) groups is 3. The van der Waals surface area contributed by atoms with Gasteiger partial charge < -0.3 is 9.84 Å². The molecular formula is C9H14O5. The number of ketones is 1. The summed E-state index contributed by atoms with van der Waals surface area (Å²) in [5.41, 5.74) is -1.07. The monoisotopic (exact) mass is 202 g/mol. The van der Waals surface area contributed by atoms with Crippen molar-refractivity contribution < 1.29 is 24.2 Å². The van der Waals surface area contributed by atoms with E-state index >= 15 is 0 Å². The van der Waals surface area contributed by atoms with Gasteiger partial charge in [0.15, 0.2) is 0 Å². The Hall–Kier alpha value is -1.39. The van der Waals surface area contributed by atoms with E-state index in [0.29, 0.717) is 0 Å². The predicted molar refractivity (Wildman–Crippen MR) is 47.7 cm³/mol. The Morgan fingerprint density at radius 2 is 1.79 bits per heavy atom. The van der Waals surface area contributed by atoms with E-state index in [0.717, 1.165) is 0 Å². The first kappa shape index (κ1) is 12.6. The summed E-state index contributed by atoms with van der Waals surface area (Å²) in [6.45, 7) is 4.24. The predicted octanol–water partition coefficient (Wildman–Crippen LogP) is 0.762. The fraction of sp³-hybridized carbons (Fsp3) is 0.667. The molecule has 0 atom stereocenters. The van der Waals surface area contributed by atoms with E-state index in [1.54, 1.807) is 0 Å². The Morgan fingerprint density at radius 3 is 2.14 bits per heavy atom. The number of hydrogen-bond acceptors (Lipinski definition) is 4. The van der Waals surface area contributed by atoms with Crippen LogP contribution < -0.4 is 0 Å². The van der Waals surface area contributed by atoms with Gasteiger partial charge in [-0.15, -0.1) is 0 Å². The van der Waals surface area contributed by atoms with Gasteiger partial charge in [0.1, 0.15) is 17.8 Å². The molecule has 0 radical (unpaired) electrons. The van der Waals surface area contributed by atoms with Crippen LogP contribution in [0.3, 0.4) is 0 Å². The molecule has 5 nitrogen and oxygen atoms in total. The number of rotatable bonds is 5. The molecule has 0 rings (SSSR count). The van der Waals surface area contributed by atoms with E-state index in [2.05, 4.69) is 0 Å². The van der Waals surface area contributed by atoms with Crippen molar-refractivity contribution in [2.24, 2.45) is 0 Å². The standard InChI is InChI=1S/C9H14O5/c1-6(10)4-8(13)14-9(2,3)5-7(11)12/h4-5H2,1-3H3,(H,11,12). The molecule has 0 aliphatic heterocycles. The van der Waals surface area contributed by atoms with Crippen molar-refractivity contribution in [2.45, 2.75) is 39.2 Å². The maximum atomic E-state index is 11.0. The van der Waals surface area contributed by atoms with Crippen LogP contribution in [-0.4, -0.2) is 28.4 Å². The van der Waals surface area contributed by atoms with Gasteiger partial charge in [0.25, 0.3) is 0 Å². The zero-order valence-electron chi connectivity index (χ0n) is 8.49. The summed E-state index contributed by atoms with van der Waals surface area (Å²) in [6, 6.07) is 0. The van der Waals surface area contributed by atoms with Crippen LogP contribution in [0.5, 0.6) is 0 Å². The average Bonchev–Trinajstić information content (AvgIpc) is 1.77. The summed E-state index contributed by atoms with van der Waals surface area (Å²) in [7, 11) is 0. The second-order valence-electron chi connectivity index (χ2n) is 3.68. The van der Waals surface area contributed by atoms with Crippen molar-refractivity contribution in [1.29, 1.82) is 0 Å². The summed E-state index contributed by atoms with van der Waals surface area (Å²) in [4.78, 5) is 31.9. The van der Waals surface area contributed by atoms with Gasteiger partial charge in [0, 0.05) is 0 Å². The van der Waals surface area contributed by atoms with Gasteiger partial charge in [-0.1, -0.05) is 0 Å². The first-order chi connectivity index (χ1) is 6.23. The number of aliphatic carboxylic acids is 1. The summed E-state index contributed by atoms with van der Waals surface area (Å²) < 4.78 is 4.82. The highest BCUT2D eigenvalue weighted by atomic mass is 16.6. The highest BCUT2D eigenvalue weighted by Crippen LogP contribution is 2.15. The third kappa shape index (κ3) is 6.16. The summed E-state index contributed by atoms with van der Waals surface area (Å²) in [6.07, 6.45) is -0.598. The highest BCUT2D eigenvalue weighted by molar-refractivity contribution is 5.94. The molecule has 0 aliphatic rings. The minimum atomic E-state index is -1.07. The maximum Gasteiger partial charge on any atom is 0.313 e. The van der Waals surface area contributed by atoms with Crippen LogP contribution in [0, 0.1) is 0 Å². The van der Waals surface area contributed by atoms with Gasteiger partial charge >= 0.3 is 11.9 Å². The number of esters is 1. The van der Waals surface area contributed by atoms with Crippen LogP contribution in [0.15, 0.2) is 0 Å². The second-order valence-corrected chi connectivity index (χ2v) is 3.68. The van der Waals surface area contributed by atoms with Crippen LogP contribution in [0.1, 0.15) is 33.6 Å². The fourth-order valence-electron chi connectivity index (χ4n) is 0.948. The fourth-order valence-corrected chi connectivity index (χ4v) is 0.948. The third-order valence-electron chi connectivity index (χ3n) is 1.36. The second kappa shape index (κ2) is 4.74. The van der Waals surface area contributed by atoms with Crippen molar-refractivity contribution in [3.05, 3.63) is 0 Å². The number of carboxylic acids is 1. The molecule has 0 aromatic heterocycles. The van der Waals surface area contributed by atoms with Gasteiger partial charge in [-0.05, 0) is 20.8 Å². The lowest BCUT2D eigenvalue weighted by Gasteiger charge is -2.22. The van der Waals surface area contributed by atoms with E-state index in [4.69, 9.17) is 9.84 Å². The lowest BCUT2D eigenvalue weighted by molar-refractivity contribution is -0.161. The maximum absolute atomic E-state index is 11.0. The molecule has 0 spiro atoms. The summed E-state index contributed by atoms with van der Waals surface area (Å²) in [5, 5.41) is 8.49. The van der Waals surface area contributed by atoms with Gasteiger partial charge in [-0.3, -0.25) is 14.4 Å². The molecule has 0 heterocycles. The van der Waals surface area contributed by atoms with E-state index in [1.807, 2.05) is 0 Å². The zero-order chi connectivity index (χ0) is 11.4. The van der Waals surface area contributed by atoms with E-state index in [9.17, 15) is 14.4 Å². The van der Waals surface area contributed by atoms with Crippen molar-refractivity contribution in [3.63, 3.8) is 0 Å². The topological polar surface area (TPSA) is 80.7 Å². The molecule has 0 aliphatic carbocycles. The normalized spacial score (nSPS) is 10.8. The largest absolute Gasteiger partial charge is 0.481 e. The lowest BCUT2D eigenvalue weighted by atomic mass is 10.1. The minimum Gasteiger partial charge on any atom is -0.481 e. The van der Waals surface area contributed by atoms with Crippen LogP contribution in [0.25, 0.3) is 0 Å². The van der Waals surface area contributed by atoms with E-state index < -0.39 is 17.5 Å². The quantitative estimate of drug-likeness (QED) is 0.526. The minimum absolute atomic E-state index is 0.281. The number of Topliss-reactive ketones (excluding diaryl/α,β-unsaturated/α-hetero) is 1. The molecule has 14 heavy (non-hydrogen) atoms. The molecule has 0 saturated carbocycles. The first-order valence-electron chi connectivity index (χ1n) is 4.16. The Morgan fingerprint density at radius 1 is 1.29 bits per heavy atom. The molecule has 0 fully saturated rings. The molecule has 0 saturated heterocycles. The number of ether oxygens (including phenoxy) is 1. The first-order valence-corrected chi connectivity index (χ1v) is 4.16. The molecule has 0 aromatic carbocycles. The molecule has 80 valence electrons. The van der Waals surface area contributed by atoms with Crippen LogP contribution >= 0.6 is 0 Å². The van der Waals surface area contributed by atoms with Crippen molar-refractivity contribution >= 4 is 17.7 Å². The molecule has 5 heteroatoms. The van der Waals surface area contributed by atoms with Gasteiger partial charge in [0.2, 0.25) is 0 Å². The zero-order valence-corrected chi connectivity index (χ0v) is 8.49.